The third-order valence-corrected chi connectivity index (χ3v) is 5.13. The topological polar surface area (TPSA) is 64.4 Å². The van der Waals surface area contributed by atoms with Crippen molar-refractivity contribution in [2.45, 2.75) is 0 Å². The van der Waals surface area contributed by atoms with Crippen LogP contribution in [0.2, 0.25) is 0 Å². The fourth-order valence-corrected chi connectivity index (χ4v) is 5.44. The summed E-state index contributed by atoms with van der Waals surface area (Å²) in [5, 5.41) is 0. The normalized spacial score (nSPS) is 19.2. The van der Waals surface area contributed by atoms with Gasteiger partial charge in [0, 0.05) is 5.75 Å². The minimum atomic E-state index is -2.12. The molecule has 0 amide bonds. The van der Waals surface area contributed by atoms with Gasteiger partial charge in [0.1, 0.15) is 9.92 Å². The third kappa shape index (κ3) is 3.37. The van der Waals surface area contributed by atoms with Gasteiger partial charge in [-0.15, -0.1) is 0 Å². The Morgan fingerprint density at radius 3 is 2.80 bits per heavy atom. The van der Waals surface area contributed by atoms with Gasteiger partial charge in [0.25, 0.3) is 0 Å². The molecule has 3 nitrogen and oxygen atoms in total. The summed E-state index contributed by atoms with van der Waals surface area (Å²) in [5.74, 6) is 1.04. The molecular weight excluding hydrogens is 205 g/mol. The fraction of sp³-hybridized carbons (Fsp3) is 0.667. The Morgan fingerprint density at radius 1 is 1.70 bits per heavy atom. The molecule has 0 atom stereocenters. The number of hydrogen-bond acceptors (Lipinski definition) is 4. The Morgan fingerprint density at radius 2 is 2.40 bits per heavy atom. The zero-order valence-electron chi connectivity index (χ0n) is 5.19. The van der Waals surface area contributed by atoms with Gasteiger partial charge in [0.05, 0.1) is 6.54 Å². The molecule has 0 bridgehead atoms. The predicted octanol–water partition coefficient (Wildman–Crippen LogP) is 0.964. The second-order valence-corrected chi connectivity index (χ2v) is 9.80. The van der Waals surface area contributed by atoms with E-state index in [2.05, 4.69) is 4.99 Å². The second-order valence-electron chi connectivity index (χ2n) is 1.73. The van der Waals surface area contributed by atoms with E-state index in [1.54, 1.807) is 11.8 Å². The molecule has 1 aliphatic heterocycles. The number of aliphatic imine (C=N–C) groups is 1. The van der Waals surface area contributed by atoms with E-state index >= 15 is 0 Å². The number of nitrogens with two attached hydrogens (primary N) is 2. The van der Waals surface area contributed by atoms with Crippen LogP contribution in [0, 0.1) is 0 Å². The molecule has 0 unspecified atom stereocenters. The summed E-state index contributed by atoms with van der Waals surface area (Å²) in [6, 6.07) is 0. The minimum Gasteiger partial charge on any atom is -0.283 e. The molecule has 0 spiro atoms. The highest BCUT2D eigenvalue weighted by atomic mass is 32.9. The maximum Gasteiger partial charge on any atom is 0.131 e. The van der Waals surface area contributed by atoms with Crippen LogP contribution in [0.25, 0.3) is 0 Å². The monoisotopic (exact) mass is 213 g/mol. The molecule has 0 saturated heterocycles. The van der Waals surface area contributed by atoms with Crippen molar-refractivity contribution in [2.24, 2.45) is 16.0 Å². The van der Waals surface area contributed by atoms with Crippen molar-refractivity contribution in [3.63, 3.8) is 0 Å². The van der Waals surface area contributed by atoms with Gasteiger partial charge in [-0.2, -0.15) is 0 Å². The number of nitrogens with zero attached hydrogens (tertiary/aromatic N) is 1. The lowest BCUT2D eigenvalue weighted by molar-refractivity contribution is 1.18. The molecule has 0 aromatic rings. The molecule has 4 N–H and O–H groups in total. The van der Waals surface area contributed by atoms with Gasteiger partial charge in [0.15, 0.2) is 0 Å². The van der Waals surface area contributed by atoms with Crippen LogP contribution >= 0.6 is 28.7 Å². The summed E-state index contributed by atoms with van der Waals surface area (Å²) in [6.07, 6.45) is 0. The van der Waals surface area contributed by atoms with E-state index in [-0.39, 0.29) is 0 Å². The van der Waals surface area contributed by atoms with Gasteiger partial charge < -0.3 is 0 Å². The maximum absolute atomic E-state index is 5.49. The maximum atomic E-state index is 5.49. The molecule has 0 aromatic heterocycles. The lowest BCUT2D eigenvalue weighted by Crippen LogP contribution is -2.01. The molecule has 0 saturated carbocycles. The summed E-state index contributed by atoms with van der Waals surface area (Å²) in [4.78, 5) is 4.16. The smallest absolute Gasteiger partial charge is 0.131 e. The Balaban J connectivity index is 2.46. The van der Waals surface area contributed by atoms with E-state index in [1.807, 2.05) is 0 Å². The largest absolute Gasteiger partial charge is 0.283 e. The molecule has 1 heterocycles. The first-order valence-electron chi connectivity index (χ1n) is 2.62. The van der Waals surface area contributed by atoms with Gasteiger partial charge in [-0.25, -0.2) is 0 Å². The van der Waals surface area contributed by atoms with Crippen LogP contribution in [0.5, 0.6) is 0 Å². The van der Waals surface area contributed by atoms with E-state index in [0.29, 0.717) is 0 Å². The molecular formula is C3H8N3PS3. The molecule has 1 aliphatic rings. The first-order valence-corrected chi connectivity index (χ1v) is 7.97. The van der Waals surface area contributed by atoms with E-state index in [0.717, 1.165) is 16.7 Å². The average Bonchev–Trinajstić information content (AvgIpc) is 2.12. The molecule has 1 rings (SSSR count). The number of thioether (sulfide) groups is 1. The highest BCUT2D eigenvalue weighted by Crippen LogP contribution is 2.47. The van der Waals surface area contributed by atoms with Crippen LogP contribution in [0.1, 0.15) is 0 Å². The summed E-state index contributed by atoms with van der Waals surface area (Å²) in [5.41, 5.74) is 8.86. The van der Waals surface area contributed by atoms with Crippen LogP contribution in [0.4, 0.5) is 0 Å². The zero-order chi connectivity index (χ0) is 7.61. The lowest BCUT2D eigenvalue weighted by atomic mass is 10.8. The van der Waals surface area contributed by atoms with E-state index in [9.17, 15) is 0 Å². The molecule has 10 heavy (non-hydrogen) atoms. The molecule has 0 aromatic carbocycles. The summed E-state index contributed by atoms with van der Waals surface area (Å²) < 4.78 is 0.966. The van der Waals surface area contributed by atoms with Crippen molar-refractivity contribution in [1.29, 1.82) is 0 Å². The highest BCUT2D eigenvalue weighted by Gasteiger charge is 2.13. The first kappa shape index (κ1) is 9.03. The van der Waals surface area contributed by atoms with Gasteiger partial charge in [-0.05, 0) is 11.4 Å². The summed E-state index contributed by atoms with van der Waals surface area (Å²) >= 11 is 7.90. The van der Waals surface area contributed by atoms with Crippen molar-refractivity contribution < 1.29 is 0 Å². The Labute approximate surface area is 73.3 Å². The Kier molecular flexibility index (Phi) is 3.21. The third-order valence-electron chi connectivity index (χ3n) is 0.778. The molecule has 0 radical (unpaired) electrons. The highest BCUT2D eigenvalue weighted by molar-refractivity contribution is 8.79. The standard InChI is InChI=1S/C3H8N3PS3/c4-7(5,8)10-3-6-1-2-9-3/h1-2H2,(H4,4,5,8). The lowest BCUT2D eigenvalue weighted by Gasteiger charge is -2.06. The van der Waals surface area contributed by atoms with E-state index in [4.69, 9.17) is 22.8 Å². The quantitative estimate of drug-likeness (QED) is 0.635. The van der Waals surface area contributed by atoms with Crippen molar-refractivity contribution in [2.75, 3.05) is 12.3 Å². The van der Waals surface area contributed by atoms with Crippen LogP contribution < -0.4 is 11.0 Å². The van der Waals surface area contributed by atoms with Gasteiger partial charge in [-0.3, -0.25) is 16.0 Å². The van der Waals surface area contributed by atoms with Gasteiger partial charge in [-0.1, -0.05) is 23.6 Å². The fourth-order valence-electron chi connectivity index (χ4n) is 0.493. The van der Waals surface area contributed by atoms with Crippen LogP contribution in [-0.2, 0) is 11.8 Å². The SMILES string of the molecule is NP(N)(=S)SC1=NCCS1. The minimum absolute atomic E-state index is 0.877. The zero-order valence-corrected chi connectivity index (χ0v) is 8.53. The van der Waals surface area contributed by atoms with Crippen LogP contribution in [0.3, 0.4) is 0 Å². The van der Waals surface area contributed by atoms with Crippen molar-refractivity contribution in [3.05, 3.63) is 0 Å². The predicted molar refractivity (Wildman–Crippen MR) is 55.0 cm³/mol. The first-order chi connectivity index (χ1) is 4.58. The van der Waals surface area contributed by atoms with Gasteiger partial charge >= 0.3 is 0 Å². The Hall–Kier alpha value is 0.940. The molecule has 7 heteroatoms. The average molecular weight is 213 g/mol. The van der Waals surface area contributed by atoms with E-state index in [1.165, 1.54) is 11.4 Å². The van der Waals surface area contributed by atoms with Crippen LogP contribution in [0.15, 0.2) is 4.99 Å². The second kappa shape index (κ2) is 3.56. The molecule has 0 aliphatic carbocycles. The Bertz CT molecular complexity index is 197. The number of hydrogen-bond donors (Lipinski definition) is 2. The van der Waals surface area contributed by atoms with Crippen molar-refractivity contribution in [1.82, 2.24) is 0 Å². The molecule has 58 valence electrons. The molecule has 0 fully saturated rings. The van der Waals surface area contributed by atoms with Gasteiger partial charge in [0.2, 0.25) is 0 Å². The van der Waals surface area contributed by atoms with Crippen molar-refractivity contribution >= 4 is 44.9 Å². The summed E-state index contributed by atoms with van der Waals surface area (Å²) in [6.45, 7) is 0.877. The van der Waals surface area contributed by atoms with E-state index < -0.39 is 5.54 Å². The number of rotatable bonds is 1. The van der Waals surface area contributed by atoms with Crippen LogP contribution in [-0.4, -0.2) is 16.7 Å². The van der Waals surface area contributed by atoms with Crippen molar-refractivity contribution in [3.8, 4) is 0 Å². The summed E-state index contributed by atoms with van der Waals surface area (Å²) in [7, 11) is 0.